The molecule has 6 heteroatoms. The smallest absolute Gasteiger partial charge is 0.238 e. The van der Waals surface area contributed by atoms with E-state index >= 15 is 0 Å². The molecule has 0 aliphatic carbocycles. The van der Waals surface area contributed by atoms with Crippen molar-refractivity contribution < 1.29 is 14.3 Å². The third-order valence-corrected chi connectivity index (χ3v) is 4.24. The van der Waals surface area contributed by atoms with E-state index in [4.69, 9.17) is 4.74 Å². The molecule has 0 fully saturated rings. The van der Waals surface area contributed by atoms with Crippen LogP contribution < -0.4 is 15.4 Å². The number of hydrogen-bond donors (Lipinski definition) is 2. The van der Waals surface area contributed by atoms with Gasteiger partial charge in [-0.2, -0.15) is 0 Å². The van der Waals surface area contributed by atoms with Crippen LogP contribution in [-0.2, 0) is 9.59 Å². The molecule has 0 aliphatic heterocycles. The molecule has 0 saturated carbocycles. The van der Waals surface area contributed by atoms with Gasteiger partial charge in [0, 0.05) is 0 Å². The van der Waals surface area contributed by atoms with Gasteiger partial charge in [-0.3, -0.25) is 14.5 Å². The van der Waals surface area contributed by atoms with Crippen LogP contribution in [0.25, 0.3) is 0 Å². The summed E-state index contributed by atoms with van der Waals surface area (Å²) in [5.41, 5.74) is 1.66. The molecular formula is C21H27N3O3. The van der Waals surface area contributed by atoms with E-state index < -0.39 is 0 Å². The molecule has 0 saturated heterocycles. The van der Waals surface area contributed by atoms with Gasteiger partial charge in [0.15, 0.2) is 0 Å². The average molecular weight is 369 g/mol. The first-order chi connectivity index (χ1) is 13.0. The number of carbonyl (C=O) groups is 2. The van der Waals surface area contributed by atoms with Crippen LogP contribution in [0.2, 0.25) is 0 Å². The van der Waals surface area contributed by atoms with Crippen molar-refractivity contribution in [1.82, 2.24) is 10.2 Å². The van der Waals surface area contributed by atoms with Gasteiger partial charge in [0.2, 0.25) is 11.8 Å². The van der Waals surface area contributed by atoms with Crippen LogP contribution in [0, 0.1) is 0 Å². The molecule has 0 bridgehead atoms. The number of hydrogen-bond acceptors (Lipinski definition) is 4. The van der Waals surface area contributed by atoms with Crippen LogP contribution in [0.3, 0.4) is 0 Å². The minimum atomic E-state index is -0.190. The fraction of sp³-hybridized carbons (Fsp3) is 0.333. The summed E-state index contributed by atoms with van der Waals surface area (Å²) < 4.78 is 5.24. The van der Waals surface area contributed by atoms with Gasteiger partial charge >= 0.3 is 0 Å². The Morgan fingerprint density at radius 3 is 2.30 bits per heavy atom. The number of para-hydroxylation sites is 2. The number of nitrogens with zero attached hydrogens (tertiary/aromatic N) is 1. The van der Waals surface area contributed by atoms with Gasteiger partial charge in [0.25, 0.3) is 0 Å². The second-order valence-corrected chi connectivity index (χ2v) is 6.25. The van der Waals surface area contributed by atoms with Crippen molar-refractivity contribution in [3.63, 3.8) is 0 Å². The van der Waals surface area contributed by atoms with Crippen LogP contribution in [0.15, 0.2) is 54.6 Å². The van der Waals surface area contributed by atoms with E-state index in [0.717, 1.165) is 5.56 Å². The molecule has 0 aliphatic rings. The fourth-order valence-corrected chi connectivity index (χ4v) is 2.74. The van der Waals surface area contributed by atoms with Crippen molar-refractivity contribution in [2.75, 3.05) is 32.1 Å². The number of benzene rings is 2. The highest BCUT2D eigenvalue weighted by molar-refractivity contribution is 5.94. The van der Waals surface area contributed by atoms with Crippen molar-refractivity contribution in [2.45, 2.75) is 19.9 Å². The summed E-state index contributed by atoms with van der Waals surface area (Å²) in [6.07, 6.45) is 0. The molecule has 0 heterocycles. The van der Waals surface area contributed by atoms with Crippen LogP contribution in [-0.4, -0.2) is 43.5 Å². The summed E-state index contributed by atoms with van der Waals surface area (Å²) in [5, 5.41) is 5.80. The van der Waals surface area contributed by atoms with E-state index in [1.807, 2.05) is 56.3 Å². The second kappa shape index (κ2) is 10.3. The first-order valence-electron chi connectivity index (χ1n) is 9.03. The number of likely N-dealkylation sites (N-methyl/N-ethyl adjacent to an activating group) is 1. The molecule has 2 amide bonds. The highest BCUT2D eigenvalue weighted by Crippen LogP contribution is 2.22. The SMILES string of the molecule is CCN(CC(=O)Nc1ccccc1OC)CC(=O)NC(C)c1ccccc1. The molecular weight excluding hydrogens is 342 g/mol. The first kappa shape index (κ1) is 20.5. The van der Waals surface area contributed by atoms with Crippen LogP contribution in [0.1, 0.15) is 25.5 Å². The highest BCUT2D eigenvalue weighted by atomic mass is 16.5. The van der Waals surface area contributed by atoms with Gasteiger partial charge in [-0.25, -0.2) is 0 Å². The molecule has 6 nitrogen and oxygen atoms in total. The van der Waals surface area contributed by atoms with Crippen molar-refractivity contribution in [1.29, 1.82) is 0 Å². The van der Waals surface area contributed by atoms with Gasteiger partial charge in [0.05, 0.1) is 31.9 Å². The number of anilines is 1. The topological polar surface area (TPSA) is 70.7 Å². The second-order valence-electron chi connectivity index (χ2n) is 6.25. The van der Waals surface area contributed by atoms with E-state index in [-0.39, 0.29) is 30.9 Å². The van der Waals surface area contributed by atoms with Gasteiger partial charge < -0.3 is 15.4 Å². The van der Waals surface area contributed by atoms with Gasteiger partial charge in [0.1, 0.15) is 5.75 Å². The molecule has 0 spiro atoms. The Bertz CT molecular complexity index is 749. The Morgan fingerprint density at radius 2 is 1.63 bits per heavy atom. The average Bonchev–Trinajstić information content (AvgIpc) is 2.68. The van der Waals surface area contributed by atoms with E-state index in [1.54, 1.807) is 24.1 Å². The third-order valence-electron chi connectivity index (χ3n) is 4.24. The zero-order valence-electron chi connectivity index (χ0n) is 16.1. The van der Waals surface area contributed by atoms with Crippen molar-refractivity contribution in [3.8, 4) is 5.75 Å². The predicted molar refractivity (Wildman–Crippen MR) is 107 cm³/mol. The molecule has 2 aromatic rings. The lowest BCUT2D eigenvalue weighted by molar-refractivity contribution is -0.123. The number of nitrogens with one attached hydrogen (secondary N) is 2. The van der Waals surface area contributed by atoms with Gasteiger partial charge in [-0.1, -0.05) is 49.4 Å². The maximum atomic E-state index is 12.3. The van der Waals surface area contributed by atoms with E-state index in [0.29, 0.717) is 18.0 Å². The van der Waals surface area contributed by atoms with Gasteiger partial charge in [-0.05, 0) is 31.2 Å². The monoisotopic (exact) mass is 369 g/mol. The fourth-order valence-electron chi connectivity index (χ4n) is 2.74. The van der Waals surface area contributed by atoms with Crippen molar-refractivity contribution in [3.05, 3.63) is 60.2 Å². The molecule has 27 heavy (non-hydrogen) atoms. The molecule has 2 rings (SSSR count). The number of ether oxygens (including phenoxy) is 1. The maximum absolute atomic E-state index is 12.3. The predicted octanol–water partition coefficient (Wildman–Crippen LogP) is 2.83. The Labute approximate surface area is 160 Å². The number of methoxy groups -OCH3 is 1. The van der Waals surface area contributed by atoms with Crippen LogP contribution in [0.4, 0.5) is 5.69 Å². The summed E-state index contributed by atoms with van der Waals surface area (Å²) >= 11 is 0. The molecule has 1 atom stereocenters. The summed E-state index contributed by atoms with van der Waals surface area (Å²) in [4.78, 5) is 26.5. The highest BCUT2D eigenvalue weighted by Gasteiger charge is 2.16. The van der Waals surface area contributed by atoms with E-state index in [2.05, 4.69) is 10.6 Å². The van der Waals surface area contributed by atoms with E-state index in [9.17, 15) is 9.59 Å². The van der Waals surface area contributed by atoms with Crippen LogP contribution >= 0.6 is 0 Å². The summed E-state index contributed by atoms with van der Waals surface area (Å²) in [6, 6.07) is 16.9. The normalized spacial score (nSPS) is 11.7. The van der Waals surface area contributed by atoms with Crippen LogP contribution in [0.5, 0.6) is 5.75 Å². The third kappa shape index (κ3) is 6.42. The lowest BCUT2D eigenvalue weighted by Crippen LogP contribution is -2.41. The molecule has 0 radical (unpaired) electrons. The molecule has 2 aromatic carbocycles. The Morgan fingerprint density at radius 1 is 1.00 bits per heavy atom. The lowest BCUT2D eigenvalue weighted by Gasteiger charge is -2.21. The number of amides is 2. The Balaban J connectivity index is 1.87. The zero-order valence-corrected chi connectivity index (χ0v) is 16.1. The number of rotatable bonds is 9. The molecule has 1 unspecified atom stereocenters. The first-order valence-corrected chi connectivity index (χ1v) is 9.03. The molecule has 144 valence electrons. The Kier molecular flexibility index (Phi) is 7.82. The zero-order chi connectivity index (χ0) is 19.6. The Hall–Kier alpha value is -2.86. The quantitative estimate of drug-likeness (QED) is 0.713. The standard InChI is InChI=1S/C21H27N3O3/c1-4-24(14-20(25)22-16(2)17-10-6-5-7-11-17)15-21(26)23-18-12-8-9-13-19(18)27-3/h5-13,16H,4,14-15H2,1-3H3,(H,22,25)(H,23,26). The summed E-state index contributed by atoms with van der Waals surface area (Å²) in [6.45, 7) is 4.74. The molecule has 2 N–H and O–H groups in total. The largest absolute Gasteiger partial charge is 0.495 e. The van der Waals surface area contributed by atoms with Crippen molar-refractivity contribution in [2.24, 2.45) is 0 Å². The number of carbonyl (C=O) groups excluding carboxylic acids is 2. The maximum Gasteiger partial charge on any atom is 0.238 e. The summed E-state index contributed by atoms with van der Waals surface area (Å²) in [5.74, 6) is 0.298. The minimum absolute atomic E-state index is 0.0835. The molecule has 0 aromatic heterocycles. The van der Waals surface area contributed by atoms with Crippen molar-refractivity contribution >= 4 is 17.5 Å². The van der Waals surface area contributed by atoms with E-state index in [1.165, 1.54) is 0 Å². The van der Waals surface area contributed by atoms with Gasteiger partial charge in [-0.15, -0.1) is 0 Å². The lowest BCUT2D eigenvalue weighted by atomic mass is 10.1. The summed E-state index contributed by atoms with van der Waals surface area (Å²) in [7, 11) is 1.56. The minimum Gasteiger partial charge on any atom is -0.495 e.